The summed E-state index contributed by atoms with van der Waals surface area (Å²) >= 11 is 5.76. The number of rotatable bonds is 3. The van der Waals surface area contributed by atoms with Crippen molar-refractivity contribution in [3.63, 3.8) is 0 Å². The van der Waals surface area contributed by atoms with Gasteiger partial charge in [-0.2, -0.15) is 0 Å². The summed E-state index contributed by atoms with van der Waals surface area (Å²) in [5.41, 5.74) is 0.594. The van der Waals surface area contributed by atoms with E-state index in [4.69, 9.17) is 16.7 Å². The third-order valence-electron chi connectivity index (χ3n) is 2.65. The van der Waals surface area contributed by atoms with Gasteiger partial charge in [-0.3, -0.25) is 0 Å². The van der Waals surface area contributed by atoms with E-state index in [1.54, 1.807) is 6.07 Å². The molecule has 1 heterocycles. The summed E-state index contributed by atoms with van der Waals surface area (Å²) in [6.07, 6.45) is 1.23. The van der Waals surface area contributed by atoms with Crippen LogP contribution in [0.5, 0.6) is 0 Å². The molecule has 5 nitrogen and oxygen atoms in total. The van der Waals surface area contributed by atoms with E-state index in [0.29, 0.717) is 11.3 Å². The van der Waals surface area contributed by atoms with Crippen LogP contribution >= 0.6 is 11.6 Å². The molecule has 0 saturated carbocycles. The lowest BCUT2D eigenvalue weighted by Gasteiger charge is -2.14. The minimum atomic E-state index is -1.19. The molecule has 0 aliphatic carbocycles. The zero-order valence-corrected chi connectivity index (χ0v) is 11.0. The maximum atomic E-state index is 14.1. The molecular weight excluding hydrogens is 273 g/mol. The summed E-state index contributed by atoms with van der Waals surface area (Å²) < 4.78 is 15.3. The van der Waals surface area contributed by atoms with Crippen molar-refractivity contribution in [3.8, 4) is 5.69 Å². The number of hydrogen-bond donors (Lipinski definition) is 1. The standard InChI is InChI=1S/C12H11ClFN3O2/c1-6(2)10-9(4-3-7(13)11(10)14)17-5-8(12(18)19)15-16-17/h3-6H,1-2H3,(H,18,19). The number of aromatic nitrogens is 3. The van der Waals surface area contributed by atoms with Gasteiger partial charge in [0.1, 0.15) is 5.82 Å². The Balaban J connectivity index is 2.61. The van der Waals surface area contributed by atoms with Crippen LogP contribution in [0.3, 0.4) is 0 Å². The lowest BCUT2D eigenvalue weighted by Crippen LogP contribution is -2.05. The van der Waals surface area contributed by atoms with E-state index in [0.717, 1.165) is 0 Å². The molecule has 7 heteroatoms. The molecule has 0 bridgehead atoms. The van der Waals surface area contributed by atoms with Gasteiger partial charge >= 0.3 is 5.97 Å². The van der Waals surface area contributed by atoms with Gasteiger partial charge in [-0.1, -0.05) is 30.7 Å². The van der Waals surface area contributed by atoms with E-state index < -0.39 is 11.8 Å². The summed E-state index contributed by atoms with van der Waals surface area (Å²) in [7, 11) is 0. The largest absolute Gasteiger partial charge is 0.476 e. The van der Waals surface area contributed by atoms with Crippen LogP contribution in [0, 0.1) is 5.82 Å². The monoisotopic (exact) mass is 283 g/mol. The zero-order chi connectivity index (χ0) is 14.2. The number of halogens is 2. The molecule has 0 unspecified atom stereocenters. The molecule has 1 aromatic carbocycles. The van der Waals surface area contributed by atoms with Crippen molar-refractivity contribution in [1.29, 1.82) is 0 Å². The van der Waals surface area contributed by atoms with Gasteiger partial charge in [0.2, 0.25) is 0 Å². The lowest BCUT2D eigenvalue weighted by atomic mass is 10.0. The highest BCUT2D eigenvalue weighted by atomic mass is 35.5. The molecule has 19 heavy (non-hydrogen) atoms. The molecule has 2 aromatic rings. The second kappa shape index (κ2) is 4.97. The summed E-state index contributed by atoms with van der Waals surface area (Å²) in [6, 6.07) is 2.99. The summed E-state index contributed by atoms with van der Waals surface area (Å²) in [6.45, 7) is 3.63. The molecule has 100 valence electrons. The Morgan fingerprint density at radius 3 is 2.68 bits per heavy atom. The fourth-order valence-corrected chi connectivity index (χ4v) is 1.95. The molecule has 0 fully saturated rings. The molecule has 0 amide bonds. The molecule has 0 aliphatic heterocycles. The average Bonchev–Trinajstić information content (AvgIpc) is 2.81. The Morgan fingerprint density at radius 1 is 1.47 bits per heavy atom. The van der Waals surface area contributed by atoms with E-state index in [2.05, 4.69) is 10.3 Å². The summed E-state index contributed by atoms with van der Waals surface area (Å²) in [5, 5.41) is 16.0. The second-order valence-electron chi connectivity index (χ2n) is 4.30. The normalized spacial score (nSPS) is 11.0. The van der Waals surface area contributed by atoms with E-state index in [1.807, 2.05) is 13.8 Å². The molecular formula is C12H11ClFN3O2. The van der Waals surface area contributed by atoms with Gasteiger partial charge in [-0.25, -0.2) is 13.9 Å². The van der Waals surface area contributed by atoms with Crippen LogP contribution in [0.1, 0.15) is 35.8 Å². The molecule has 0 aliphatic rings. The van der Waals surface area contributed by atoms with Crippen LogP contribution in [-0.2, 0) is 0 Å². The quantitative estimate of drug-likeness (QED) is 0.940. The topological polar surface area (TPSA) is 68.0 Å². The fourth-order valence-electron chi connectivity index (χ4n) is 1.78. The number of carboxylic acids is 1. The van der Waals surface area contributed by atoms with Crippen LogP contribution in [0.4, 0.5) is 4.39 Å². The average molecular weight is 284 g/mol. The van der Waals surface area contributed by atoms with Crippen LogP contribution in [-0.4, -0.2) is 26.1 Å². The number of benzene rings is 1. The van der Waals surface area contributed by atoms with Crippen molar-refractivity contribution in [2.24, 2.45) is 0 Å². The van der Waals surface area contributed by atoms with E-state index in [9.17, 15) is 9.18 Å². The van der Waals surface area contributed by atoms with Gasteiger partial charge in [-0.05, 0) is 18.1 Å². The number of nitrogens with zero attached hydrogens (tertiary/aromatic N) is 3. The number of carbonyl (C=O) groups is 1. The highest BCUT2D eigenvalue weighted by Crippen LogP contribution is 2.30. The van der Waals surface area contributed by atoms with Crippen LogP contribution in [0.15, 0.2) is 18.3 Å². The first-order valence-electron chi connectivity index (χ1n) is 5.55. The number of aromatic carboxylic acids is 1. The van der Waals surface area contributed by atoms with E-state index in [1.165, 1.54) is 16.9 Å². The highest BCUT2D eigenvalue weighted by Gasteiger charge is 2.18. The van der Waals surface area contributed by atoms with E-state index >= 15 is 0 Å². The molecule has 0 spiro atoms. The summed E-state index contributed by atoms with van der Waals surface area (Å²) in [4.78, 5) is 10.8. The highest BCUT2D eigenvalue weighted by molar-refractivity contribution is 6.30. The Hall–Kier alpha value is -1.95. The van der Waals surface area contributed by atoms with Gasteiger partial charge < -0.3 is 5.11 Å². The van der Waals surface area contributed by atoms with Crippen molar-refractivity contribution >= 4 is 17.6 Å². The van der Waals surface area contributed by atoms with Crippen molar-refractivity contribution in [1.82, 2.24) is 15.0 Å². The first-order chi connectivity index (χ1) is 8.91. The maximum Gasteiger partial charge on any atom is 0.358 e. The SMILES string of the molecule is CC(C)c1c(-n2cc(C(=O)O)nn2)ccc(Cl)c1F. The van der Waals surface area contributed by atoms with Gasteiger partial charge in [0.25, 0.3) is 0 Å². The van der Waals surface area contributed by atoms with Gasteiger partial charge in [-0.15, -0.1) is 5.10 Å². The molecule has 2 rings (SSSR count). The summed E-state index contributed by atoms with van der Waals surface area (Å²) in [5.74, 6) is -1.85. The number of hydrogen-bond acceptors (Lipinski definition) is 3. The van der Waals surface area contributed by atoms with Crippen molar-refractivity contribution in [2.75, 3.05) is 0 Å². The van der Waals surface area contributed by atoms with Crippen molar-refractivity contribution in [2.45, 2.75) is 19.8 Å². The van der Waals surface area contributed by atoms with Crippen LogP contribution < -0.4 is 0 Å². The minimum Gasteiger partial charge on any atom is -0.476 e. The second-order valence-corrected chi connectivity index (χ2v) is 4.71. The predicted octanol–water partition coefficient (Wildman–Crippen LogP) is 2.88. The van der Waals surface area contributed by atoms with Gasteiger partial charge in [0.15, 0.2) is 5.69 Å². The van der Waals surface area contributed by atoms with Crippen LogP contribution in [0.2, 0.25) is 5.02 Å². The molecule has 0 saturated heterocycles. The predicted molar refractivity (Wildman–Crippen MR) is 67.4 cm³/mol. The third kappa shape index (κ3) is 2.44. The van der Waals surface area contributed by atoms with Crippen molar-refractivity contribution in [3.05, 3.63) is 40.4 Å². The lowest BCUT2D eigenvalue weighted by molar-refractivity contribution is 0.0690. The Bertz CT molecular complexity index is 640. The number of carboxylic acid groups (broad SMARTS) is 1. The Morgan fingerprint density at radius 2 is 2.16 bits per heavy atom. The zero-order valence-electron chi connectivity index (χ0n) is 10.3. The minimum absolute atomic E-state index is 0.0195. The molecule has 0 radical (unpaired) electrons. The van der Waals surface area contributed by atoms with E-state index in [-0.39, 0.29) is 16.6 Å². The van der Waals surface area contributed by atoms with Gasteiger partial charge in [0, 0.05) is 5.56 Å². The first kappa shape index (κ1) is 13.5. The fraction of sp³-hybridized carbons (Fsp3) is 0.250. The molecule has 1 N–H and O–H groups in total. The first-order valence-corrected chi connectivity index (χ1v) is 5.93. The Labute approximate surface area is 113 Å². The molecule has 1 aromatic heterocycles. The Kier molecular flexibility index (Phi) is 3.53. The maximum absolute atomic E-state index is 14.1. The van der Waals surface area contributed by atoms with Crippen LogP contribution in [0.25, 0.3) is 5.69 Å². The third-order valence-corrected chi connectivity index (χ3v) is 2.94. The smallest absolute Gasteiger partial charge is 0.358 e. The van der Waals surface area contributed by atoms with Gasteiger partial charge in [0.05, 0.1) is 16.9 Å². The molecule has 0 atom stereocenters. The van der Waals surface area contributed by atoms with Crippen molar-refractivity contribution < 1.29 is 14.3 Å².